The topological polar surface area (TPSA) is 56.2 Å². The average molecular weight is 474 g/mol. The normalized spacial score (nSPS) is 10.9. The Morgan fingerprint density at radius 1 is 0.941 bits per heavy atom. The molecule has 0 atom stereocenters. The minimum atomic E-state index is -0.184. The summed E-state index contributed by atoms with van der Waals surface area (Å²) in [5.74, 6) is 0.445. The lowest BCUT2D eigenvalue weighted by molar-refractivity contribution is 0.102. The minimum absolute atomic E-state index is 0.184. The second-order valence-corrected chi connectivity index (χ2v) is 8.98. The number of benzene rings is 3. The summed E-state index contributed by atoms with van der Waals surface area (Å²) in [5, 5.41) is 8.26. The molecule has 1 heterocycles. The Labute approximate surface area is 205 Å². The van der Waals surface area contributed by atoms with Gasteiger partial charge in [-0.15, -0.1) is 0 Å². The highest BCUT2D eigenvalue weighted by atomic mass is 35.5. The van der Waals surface area contributed by atoms with Crippen molar-refractivity contribution in [1.29, 1.82) is 0 Å². The van der Waals surface area contributed by atoms with Crippen LogP contribution >= 0.6 is 11.6 Å². The second-order valence-electron chi connectivity index (χ2n) is 8.57. The third-order valence-electron chi connectivity index (χ3n) is 5.71. The van der Waals surface area contributed by atoms with Gasteiger partial charge in [0.05, 0.1) is 28.6 Å². The zero-order valence-electron chi connectivity index (χ0n) is 19.9. The molecule has 0 aliphatic carbocycles. The first-order chi connectivity index (χ1) is 16.3. The number of carbonyl (C=O) groups excluding carboxylic acids is 1. The van der Waals surface area contributed by atoms with Crippen LogP contribution in [0.3, 0.4) is 0 Å². The molecule has 4 aromatic rings. The van der Waals surface area contributed by atoms with E-state index < -0.39 is 0 Å². The van der Waals surface area contributed by atoms with Gasteiger partial charge in [-0.2, -0.15) is 5.10 Å². The molecule has 4 rings (SSSR count). The van der Waals surface area contributed by atoms with Gasteiger partial charge in [0.25, 0.3) is 5.91 Å². The molecule has 0 saturated heterocycles. The van der Waals surface area contributed by atoms with E-state index in [1.807, 2.05) is 67.9 Å². The quantitative estimate of drug-likeness (QED) is 0.327. The van der Waals surface area contributed by atoms with Gasteiger partial charge in [0.2, 0.25) is 0 Å². The Balaban J connectivity index is 1.47. The number of rotatable bonds is 7. The maximum Gasteiger partial charge on any atom is 0.255 e. The van der Waals surface area contributed by atoms with E-state index in [0.29, 0.717) is 29.5 Å². The van der Waals surface area contributed by atoms with Crippen LogP contribution in [-0.4, -0.2) is 15.7 Å². The number of carbonyl (C=O) groups is 1. The van der Waals surface area contributed by atoms with E-state index in [1.165, 1.54) is 11.1 Å². The standard InChI is InChI=1S/C28H28ClN3O2/c1-18-7-5-8-22(13-18)16-32-21(4)27(20(3)31-32)30-28(33)24-10-6-9-23(15-24)17-34-26-14-19(2)11-12-25(26)29/h5-15H,16-17H2,1-4H3,(H,30,33). The van der Waals surface area contributed by atoms with Gasteiger partial charge < -0.3 is 10.1 Å². The van der Waals surface area contributed by atoms with Gasteiger partial charge >= 0.3 is 0 Å². The van der Waals surface area contributed by atoms with Gasteiger partial charge in [-0.05, 0) is 68.7 Å². The Bertz CT molecular complexity index is 1340. The van der Waals surface area contributed by atoms with Crippen molar-refractivity contribution < 1.29 is 9.53 Å². The molecule has 1 aromatic heterocycles. The van der Waals surface area contributed by atoms with E-state index in [1.54, 1.807) is 6.07 Å². The van der Waals surface area contributed by atoms with Crippen molar-refractivity contribution in [1.82, 2.24) is 9.78 Å². The summed E-state index contributed by atoms with van der Waals surface area (Å²) in [6, 6.07) is 21.4. The molecule has 0 unspecified atom stereocenters. The molecule has 0 radical (unpaired) electrons. The van der Waals surface area contributed by atoms with E-state index in [4.69, 9.17) is 16.3 Å². The minimum Gasteiger partial charge on any atom is -0.487 e. The first kappa shape index (κ1) is 23.6. The van der Waals surface area contributed by atoms with Crippen LogP contribution in [0.25, 0.3) is 0 Å². The molecule has 5 nitrogen and oxygen atoms in total. The van der Waals surface area contributed by atoms with Crippen LogP contribution in [0, 0.1) is 27.7 Å². The zero-order valence-corrected chi connectivity index (χ0v) is 20.6. The van der Waals surface area contributed by atoms with Crippen LogP contribution in [0.5, 0.6) is 5.75 Å². The number of aromatic nitrogens is 2. The highest BCUT2D eigenvalue weighted by Gasteiger charge is 2.16. The Morgan fingerprint density at radius 3 is 2.47 bits per heavy atom. The predicted molar refractivity (Wildman–Crippen MR) is 137 cm³/mol. The second kappa shape index (κ2) is 10.1. The van der Waals surface area contributed by atoms with E-state index in [0.717, 1.165) is 28.2 Å². The monoisotopic (exact) mass is 473 g/mol. The number of nitrogens with zero attached hydrogens (tertiary/aromatic N) is 2. The van der Waals surface area contributed by atoms with E-state index in [9.17, 15) is 4.79 Å². The van der Waals surface area contributed by atoms with Crippen molar-refractivity contribution >= 4 is 23.2 Å². The summed E-state index contributed by atoms with van der Waals surface area (Å²) in [7, 11) is 0. The fraction of sp³-hybridized carbons (Fsp3) is 0.214. The van der Waals surface area contributed by atoms with Gasteiger partial charge in [-0.3, -0.25) is 9.48 Å². The van der Waals surface area contributed by atoms with Gasteiger partial charge in [0.15, 0.2) is 0 Å². The van der Waals surface area contributed by atoms with Crippen LogP contribution in [0.4, 0.5) is 5.69 Å². The largest absolute Gasteiger partial charge is 0.487 e. The number of ether oxygens (including phenoxy) is 1. The van der Waals surface area contributed by atoms with Crippen LogP contribution in [-0.2, 0) is 13.2 Å². The maximum absolute atomic E-state index is 13.0. The number of anilines is 1. The molecule has 3 aromatic carbocycles. The van der Waals surface area contributed by atoms with Gasteiger partial charge in [0.1, 0.15) is 12.4 Å². The molecule has 0 saturated carbocycles. The maximum atomic E-state index is 13.0. The fourth-order valence-electron chi connectivity index (χ4n) is 3.89. The molecule has 6 heteroatoms. The van der Waals surface area contributed by atoms with Gasteiger partial charge in [-0.25, -0.2) is 0 Å². The van der Waals surface area contributed by atoms with Crippen LogP contribution < -0.4 is 10.1 Å². The average Bonchev–Trinajstić information content (AvgIpc) is 3.07. The summed E-state index contributed by atoms with van der Waals surface area (Å²) in [6.45, 7) is 8.91. The number of hydrogen-bond donors (Lipinski definition) is 1. The number of aryl methyl sites for hydroxylation is 3. The van der Waals surface area contributed by atoms with Crippen molar-refractivity contribution in [3.63, 3.8) is 0 Å². The SMILES string of the molecule is Cc1cccc(Cn2nc(C)c(NC(=O)c3cccc(COc4cc(C)ccc4Cl)c3)c2C)c1. The van der Waals surface area contributed by atoms with E-state index in [2.05, 4.69) is 35.5 Å². The highest BCUT2D eigenvalue weighted by Crippen LogP contribution is 2.26. The van der Waals surface area contributed by atoms with E-state index >= 15 is 0 Å². The molecule has 0 aliphatic heterocycles. The molecule has 0 fully saturated rings. The number of amides is 1. The van der Waals surface area contributed by atoms with Crippen LogP contribution in [0.1, 0.15) is 44.0 Å². The lowest BCUT2D eigenvalue weighted by Crippen LogP contribution is -2.14. The molecular formula is C28H28ClN3O2. The molecule has 0 bridgehead atoms. The Kier molecular flexibility index (Phi) is 7.03. The summed E-state index contributed by atoms with van der Waals surface area (Å²) >= 11 is 6.23. The predicted octanol–water partition coefficient (Wildman–Crippen LogP) is 6.65. The highest BCUT2D eigenvalue weighted by molar-refractivity contribution is 6.32. The van der Waals surface area contributed by atoms with Crippen LogP contribution in [0.2, 0.25) is 5.02 Å². The summed E-state index contributed by atoms with van der Waals surface area (Å²) < 4.78 is 7.81. The first-order valence-corrected chi connectivity index (χ1v) is 11.6. The van der Waals surface area contributed by atoms with Crippen molar-refractivity contribution in [3.8, 4) is 5.75 Å². The lowest BCUT2D eigenvalue weighted by Gasteiger charge is -2.11. The van der Waals surface area contributed by atoms with E-state index in [-0.39, 0.29) is 5.91 Å². The number of nitrogens with one attached hydrogen (secondary N) is 1. The Hall–Kier alpha value is -3.57. The number of halogens is 1. The smallest absolute Gasteiger partial charge is 0.255 e. The molecule has 1 N–H and O–H groups in total. The van der Waals surface area contributed by atoms with Crippen molar-refractivity contribution in [2.45, 2.75) is 40.8 Å². The van der Waals surface area contributed by atoms with Gasteiger partial charge in [0, 0.05) is 5.56 Å². The molecule has 174 valence electrons. The fourth-order valence-corrected chi connectivity index (χ4v) is 4.06. The van der Waals surface area contributed by atoms with Gasteiger partial charge in [-0.1, -0.05) is 59.6 Å². The molecule has 34 heavy (non-hydrogen) atoms. The molecule has 1 amide bonds. The molecular weight excluding hydrogens is 446 g/mol. The Morgan fingerprint density at radius 2 is 1.68 bits per heavy atom. The summed E-state index contributed by atoms with van der Waals surface area (Å²) in [6.07, 6.45) is 0. The van der Waals surface area contributed by atoms with Crippen molar-refractivity contribution in [2.24, 2.45) is 0 Å². The first-order valence-electron chi connectivity index (χ1n) is 11.2. The van der Waals surface area contributed by atoms with Crippen molar-refractivity contribution in [2.75, 3.05) is 5.32 Å². The number of hydrogen-bond acceptors (Lipinski definition) is 3. The summed E-state index contributed by atoms with van der Waals surface area (Å²) in [5.41, 5.74) is 7.33. The van der Waals surface area contributed by atoms with Crippen LogP contribution in [0.15, 0.2) is 66.7 Å². The molecule has 0 spiro atoms. The third kappa shape index (κ3) is 5.49. The molecule has 0 aliphatic rings. The third-order valence-corrected chi connectivity index (χ3v) is 6.02. The van der Waals surface area contributed by atoms with Crippen molar-refractivity contribution in [3.05, 3.63) is 111 Å². The zero-order chi connectivity index (χ0) is 24.2. The summed E-state index contributed by atoms with van der Waals surface area (Å²) in [4.78, 5) is 13.0. The lowest BCUT2D eigenvalue weighted by atomic mass is 10.1.